The third kappa shape index (κ3) is 5.67. The van der Waals surface area contributed by atoms with Gasteiger partial charge in [0, 0.05) is 11.4 Å². The molecule has 2 rings (SSSR count). The Morgan fingerprint density at radius 2 is 2.04 bits per heavy atom. The Hall–Kier alpha value is -1.89. The molecule has 1 heterocycles. The summed E-state index contributed by atoms with van der Waals surface area (Å²) in [5, 5.41) is 13.7. The molecule has 2 N–H and O–H groups in total. The van der Waals surface area contributed by atoms with E-state index in [9.17, 15) is 4.79 Å². The van der Waals surface area contributed by atoms with Gasteiger partial charge in [0.2, 0.25) is 0 Å². The summed E-state index contributed by atoms with van der Waals surface area (Å²) in [6.45, 7) is 2.22. The fraction of sp³-hybridized carbons (Fsp3) is 0.353. The van der Waals surface area contributed by atoms with Crippen LogP contribution in [0.5, 0.6) is 5.75 Å². The van der Waals surface area contributed by atoms with Gasteiger partial charge < -0.3 is 19.9 Å². The lowest BCUT2D eigenvalue weighted by Crippen LogP contribution is -2.38. The predicted molar refractivity (Wildman–Crippen MR) is 89.6 cm³/mol. The summed E-state index contributed by atoms with van der Waals surface area (Å²) in [4.78, 5) is 13.2. The minimum Gasteiger partial charge on any atom is -0.481 e. The molecule has 1 aromatic carbocycles. The van der Waals surface area contributed by atoms with Gasteiger partial charge in [-0.1, -0.05) is 24.3 Å². The van der Waals surface area contributed by atoms with Crippen molar-refractivity contribution in [2.24, 2.45) is 0 Å². The number of aliphatic hydroxyl groups excluding tert-OH is 1. The van der Waals surface area contributed by atoms with Crippen LogP contribution in [0.2, 0.25) is 0 Å². The van der Waals surface area contributed by atoms with E-state index in [2.05, 4.69) is 5.32 Å². The monoisotopic (exact) mass is 335 g/mol. The number of amides is 1. The van der Waals surface area contributed by atoms with E-state index in [1.165, 1.54) is 0 Å². The number of para-hydroxylation sites is 1. The van der Waals surface area contributed by atoms with Crippen molar-refractivity contribution < 1.29 is 19.4 Å². The van der Waals surface area contributed by atoms with Crippen LogP contribution >= 0.6 is 11.3 Å². The molecule has 0 radical (unpaired) electrons. The highest BCUT2D eigenvalue weighted by Gasteiger charge is 2.18. The van der Waals surface area contributed by atoms with Gasteiger partial charge in [-0.3, -0.25) is 4.79 Å². The van der Waals surface area contributed by atoms with E-state index in [1.807, 2.05) is 47.8 Å². The Morgan fingerprint density at radius 3 is 2.70 bits per heavy atom. The molecule has 0 spiro atoms. The zero-order chi connectivity index (χ0) is 16.5. The Morgan fingerprint density at radius 1 is 1.26 bits per heavy atom. The summed E-state index contributed by atoms with van der Waals surface area (Å²) < 4.78 is 11.2. The first-order chi connectivity index (χ1) is 11.2. The van der Waals surface area contributed by atoms with Crippen LogP contribution in [0.1, 0.15) is 17.9 Å². The lowest BCUT2D eigenvalue weighted by atomic mass is 10.2. The molecule has 0 aliphatic carbocycles. The number of nitrogens with one attached hydrogen (secondary N) is 1. The summed E-state index contributed by atoms with van der Waals surface area (Å²) >= 11 is 1.55. The minimum atomic E-state index is -0.598. The van der Waals surface area contributed by atoms with Gasteiger partial charge in [-0.15, -0.1) is 11.3 Å². The van der Waals surface area contributed by atoms with Crippen molar-refractivity contribution in [3.8, 4) is 5.75 Å². The van der Waals surface area contributed by atoms with Crippen LogP contribution in [-0.4, -0.2) is 36.9 Å². The van der Waals surface area contributed by atoms with Gasteiger partial charge in [-0.05, 0) is 30.5 Å². The van der Waals surface area contributed by atoms with Crippen molar-refractivity contribution in [3.05, 3.63) is 52.7 Å². The van der Waals surface area contributed by atoms with Crippen molar-refractivity contribution in [1.82, 2.24) is 5.32 Å². The molecule has 0 fully saturated rings. The van der Waals surface area contributed by atoms with Crippen molar-refractivity contribution in [3.63, 3.8) is 0 Å². The number of carbonyl (C=O) groups excluding carboxylic acids is 1. The summed E-state index contributed by atoms with van der Waals surface area (Å²) in [6, 6.07) is 13.1. The van der Waals surface area contributed by atoms with E-state index < -0.39 is 6.10 Å². The van der Waals surface area contributed by atoms with E-state index in [1.54, 1.807) is 18.3 Å². The van der Waals surface area contributed by atoms with Gasteiger partial charge >= 0.3 is 0 Å². The summed E-state index contributed by atoms with van der Waals surface area (Å²) in [5.74, 6) is 0.449. The number of hydrogen-bond acceptors (Lipinski definition) is 5. The Bertz CT molecular complexity index is 574. The summed E-state index contributed by atoms with van der Waals surface area (Å²) in [6.07, 6.45) is -0.866. The number of carbonyl (C=O) groups is 1. The maximum atomic E-state index is 12.2. The summed E-state index contributed by atoms with van der Waals surface area (Å²) in [5.41, 5.74) is 0. The van der Waals surface area contributed by atoms with E-state index >= 15 is 0 Å². The lowest BCUT2D eigenvalue weighted by molar-refractivity contribution is -0.128. The molecule has 6 heteroatoms. The molecule has 1 aromatic heterocycles. The number of rotatable bonds is 9. The molecule has 1 amide bonds. The molecule has 0 aliphatic heterocycles. The zero-order valence-electron chi connectivity index (χ0n) is 13.0. The van der Waals surface area contributed by atoms with Crippen LogP contribution in [-0.2, 0) is 9.53 Å². The SMILES string of the molecule is C[C@@H](Oc1ccccc1)C(=O)NC[C@@H](OCCO)c1cccs1. The fourth-order valence-electron chi connectivity index (χ4n) is 2.00. The minimum absolute atomic E-state index is 0.0522. The van der Waals surface area contributed by atoms with Gasteiger partial charge in [-0.2, -0.15) is 0 Å². The fourth-order valence-corrected chi connectivity index (χ4v) is 2.78. The maximum Gasteiger partial charge on any atom is 0.260 e. The molecule has 0 bridgehead atoms. The standard InChI is InChI=1S/C17H21NO4S/c1-13(22-14-6-3-2-4-7-14)17(20)18-12-15(21-10-9-19)16-8-5-11-23-16/h2-8,11,13,15,19H,9-10,12H2,1H3,(H,18,20)/t13-,15-/m1/s1. The number of benzene rings is 1. The average Bonchev–Trinajstić information content (AvgIpc) is 3.10. The molecule has 0 unspecified atom stereocenters. The second-order valence-electron chi connectivity index (χ2n) is 4.92. The third-order valence-corrected chi connectivity index (χ3v) is 4.12. The van der Waals surface area contributed by atoms with E-state index in [0.29, 0.717) is 12.3 Å². The van der Waals surface area contributed by atoms with Crippen LogP contribution in [0.25, 0.3) is 0 Å². The van der Waals surface area contributed by atoms with Crippen LogP contribution in [0.15, 0.2) is 47.8 Å². The van der Waals surface area contributed by atoms with Gasteiger partial charge in [0.15, 0.2) is 6.10 Å². The molecule has 5 nitrogen and oxygen atoms in total. The first kappa shape index (κ1) is 17.5. The van der Waals surface area contributed by atoms with Gasteiger partial charge in [0.05, 0.1) is 13.2 Å². The maximum absolute atomic E-state index is 12.2. The Kier molecular flexibility index (Phi) is 7.06. The highest BCUT2D eigenvalue weighted by atomic mass is 32.1. The second kappa shape index (κ2) is 9.29. The Balaban J connectivity index is 1.85. The first-order valence-electron chi connectivity index (χ1n) is 7.46. The molecule has 23 heavy (non-hydrogen) atoms. The van der Waals surface area contributed by atoms with Crippen LogP contribution in [0.4, 0.5) is 0 Å². The lowest BCUT2D eigenvalue weighted by Gasteiger charge is -2.19. The molecule has 124 valence electrons. The molecule has 0 aliphatic rings. The molecular formula is C17H21NO4S. The number of aliphatic hydroxyl groups is 1. The normalized spacial score (nSPS) is 13.3. The molecule has 0 saturated carbocycles. The number of hydrogen-bond donors (Lipinski definition) is 2. The molecular weight excluding hydrogens is 314 g/mol. The number of ether oxygens (including phenoxy) is 2. The van der Waals surface area contributed by atoms with Gasteiger partial charge in [0.1, 0.15) is 11.9 Å². The second-order valence-corrected chi connectivity index (χ2v) is 5.90. The molecule has 0 saturated heterocycles. The highest BCUT2D eigenvalue weighted by Crippen LogP contribution is 2.21. The van der Waals surface area contributed by atoms with Gasteiger partial charge in [-0.25, -0.2) is 0 Å². The van der Waals surface area contributed by atoms with Crippen molar-refractivity contribution in [2.75, 3.05) is 19.8 Å². The summed E-state index contributed by atoms with van der Waals surface area (Å²) in [7, 11) is 0. The van der Waals surface area contributed by atoms with E-state index in [4.69, 9.17) is 14.6 Å². The predicted octanol–water partition coefficient (Wildman–Crippen LogP) is 2.38. The van der Waals surface area contributed by atoms with Crippen LogP contribution in [0, 0.1) is 0 Å². The van der Waals surface area contributed by atoms with E-state index in [0.717, 1.165) is 4.88 Å². The third-order valence-electron chi connectivity index (χ3n) is 3.16. The molecule has 2 aromatic rings. The largest absolute Gasteiger partial charge is 0.481 e. The van der Waals surface area contributed by atoms with Gasteiger partial charge in [0.25, 0.3) is 5.91 Å². The van der Waals surface area contributed by atoms with Crippen molar-refractivity contribution >= 4 is 17.2 Å². The smallest absolute Gasteiger partial charge is 0.260 e. The van der Waals surface area contributed by atoms with Crippen LogP contribution in [0.3, 0.4) is 0 Å². The topological polar surface area (TPSA) is 67.8 Å². The quantitative estimate of drug-likeness (QED) is 0.738. The average molecular weight is 335 g/mol. The zero-order valence-corrected chi connectivity index (χ0v) is 13.8. The first-order valence-corrected chi connectivity index (χ1v) is 8.34. The Labute approximate surface area is 139 Å². The van der Waals surface area contributed by atoms with E-state index in [-0.39, 0.29) is 25.2 Å². The van der Waals surface area contributed by atoms with Crippen molar-refractivity contribution in [1.29, 1.82) is 0 Å². The molecule has 2 atom stereocenters. The van der Waals surface area contributed by atoms with Crippen LogP contribution < -0.4 is 10.1 Å². The highest BCUT2D eigenvalue weighted by molar-refractivity contribution is 7.10. The number of thiophene rings is 1. The van der Waals surface area contributed by atoms with Crippen molar-refractivity contribution in [2.45, 2.75) is 19.1 Å².